The molecule has 0 saturated heterocycles. The first-order valence-electron chi connectivity index (χ1n) is 7.72. The lowest BCUT2D eigenvalue weighted by Gasteiger charge is -2.09. The van der Waals surface area contributed by atoms with E-state index in [2.05, 4.69) is 15.6 Å². The lowest BCUT2D eigenvalue weighted by molar-refractivity contribution is -0.115. The maximum atomic E-state index is 13.6. The summed E-state index contributed by atoms with van der Waals surface area (Å²) in [6, 6.07) is 12.0. The van der Waals surface area contributed by atoms with Gasteiger partial charge >= 0.3 is 0 Å². The zero-order valence-corrected chi connectivity index (χ0v) is 13.5. The molecule has 7 heteroatoms. The normalized spacial score (nSPS) is 10.4. The van der Waals surface area contributed by atoms with Crippen LogP contribution >= 0.6 is 0 Å². The van der Waals surface area contributed by atoms with Crippen molar-refractivity contribution in [3.63, 3.8) is 0 Å². The van der Waals surface area contributed by atoms with Gasteiger partial charge in [0.25, 0.3) is 0 Å². The zero-order valence-electron chi connectivity index (χ0n) is 13.5. The minimum absolute atomic E-state index is 0.0898. The van der Waals surface area contributed by atoms with Gasteiger partial charge in [-0.05, 0) is 42.0 Å². The molecule has 0 atom stereocenters. The maximum Gasteiger partial charge on any atom is 0.228 e. The molecule has 132 valence electrons. The highest BCUT2D eigenvalue weighted by Gasteiger charge is 2.07. The summed E-state index contributed by atoms with van der Waals surface area (Å²) in [6.07, 6.45) is 1.51. The maximum absolute atomic E-state index is 13.6. The van der Waals surface area contributed by atoms with Gasteiger partial charge in [-0.1, -0.05) is 12.1 Å². The Morgan fingerprint density at radius 1 is 0.923 bits per heavy atom. The second kappa shape index (κ2) is 7.69. The molecule has 0 aliphatic carbocycles. The molecule has 3 aromatic rings. The summed E-state index contributed by atoms with van der Waals surface area (Å²) in [5, 5.41) is 5.39. The van der Waals surface area contributed by atoms with Crippen LogP contribution in [0.2, 0.25) is 0 Å². The Hall–Kier alpha value is -3.35. The van der Waals surface area contributed by atoms with Gasteiger partial charge in [0.15, 0.2) is 0 Å². The predicted octanol–water partition coefficient (Wildman–Crippen LogP) is 4.42. The number of benzene rings is 2. The summed E-state index contributed by atoms with van der Waals surface area (Å²) in [5.74, 6) is -1.70. The van der Waals surface area contributed by atoms with Gasteiger partial charge in [-0.25, -0.2) is 18.2 Å². The largest absolute Gasteiger partial charge is 0.338 e. The quantitative estimate of drug-likeness (QED) is 0.711. The highest BCUT2D eigenvalue weighted by atomic mass is 19.1. The van der Waals surface area contributed by atoms with Crippen LogP contribution in [0.4, 0.5) is 30.4 Å². The number of hydrogen-bond donors (Lipinski definition) is 2. The van der Waals surface area contributed by atoms with Crippen molar-refractivity contribution in [2.45, 2.75) is 6.42 Å². The number of nitrogens with zero attached hydrogens (tertiary/aromatic N) is 1. The van der Waals surface area contributed by atoms with Crippen LogP contribution in [0, 0.1) is 17.5 Å². The number of amides is 1. The molecule has 1 amide bonds. The lowest BCUT2D eigenvalue weighted by atomic mass is 10.1. The highest BCUT2D eigenvalue weighted by molar-refractivity contribution is 5.92. The molecule has 1 heterocycles. The lowest BCUT2D eigenvalue weighted by Crippen LogP contribution is -2.14. The summed E-state index contributed by atoms with van der Waals surface area (Å²) in [5.41, 5.74) is 1.23. The van der Waals surface area contributed by atoms with Gasteiger partial charge in [0.05, 0.1) is 24.0 Å². The van der Waals surface area contributed by atoms with Crippen molar-refractivity contribution in [3.8, 4) is 0 Å². The first-order valence-corrected chi connectivity index (χ1v) is 7.72. The van der Waals surface area contributed by atoms with Crippen LogP contribution in [0.3, 0.4) is 0 Å². The molecule has 0 unspecified atom stereocenters. The van der Waals surface area contributed by atoms with Crippen LogP contribution in [0.1, 0.15) is 5.56 Å². The Kier molecular flexibility index (Phi) is 5.17. The van der Waals surface area contributed by atoms with Gasteiger partial charge in [-0.3, -0.25) is 4.79 Å². The highest BCUT2D eigenvalue weighted by Crippen LogP contribution is 2.20. The van der Waals surface area contributed by atoms with Crippen molar-refractivity contribution in [2.24, 2.45) is 0 Å². The van der Waals surface area contributed by atoms with Crippen molar-refractivity contribution in [1.82, 2.24) is 4.98 Å². The first kappa shape index (κ1) is 17.5. The summed E-state index contributed by atoms with van der Waals surface area (Å²) < 4.78 is 39.4. The van der Waals surface area contributed by atoms with E-state index >= 15 is 0 Å². The summed E-state index contributed by atoms with van der Waals surface area (Å²) >= 11 is 0. The van der Waals surface area contributed by atoms with Crippen LogP contribution in [-0.2, 0) is 11.2 Å². The SMILES string of the molecule is O=C(Cc1ccc(F)cc1)Nc1ccc(Nc2ccc(F)cc2F)nc1. The third-order valence-electron chi connectivity index (χ3n) is 3.52. The number of aromatic nitrogens is 1. The van der Waals surface area contributed by atoms with Gasteiger partial charge in [0, 0.05) is 6.07 Å². The van der Waals surface area contributed by atoms with Crippen molar-refractivity contribution < 1.29 is 18.0 Å². The number of halogens is 3. The molecule has 0 radical (unpaired) electrons. The van der Waals surface area contributed by atoms with E-state index in [-0.39, 0.29) is 23.8 Å². The van der Waals surface area contributed by atoms with Crippen molar-refractivity contribution >= 4 is 23.1 Å². The van der Waals surface area contributed by atoms with E-state index in [1.807, 2.05) is 0 Å². The van der Waals surface area contributed by atoms with E-state index < -0.39 is 11.6 Å². The molecule has 4 nitrogen and oxygen atoms in total. The third kappa shape index (κ3) is 4.60. The number of carbonyl (C=O) groups excluding carboxylic acids is 1. The van der Waals surface area contributed by atoms with Crippen molar-refractivity contribution in [2.75, 3.05) is 10.6 Å². The molecule has 3 rings (SSSR count). The molecule has 2 aromatic carbocycles. The smallest absolute Gasteiger partial charge is 0.228 e. The number of rotatable bonds is 5. The van der Waals surface area contributed by atoms with Crippen LogP contribution in [0.15, 0.2) is 60.8 Å². The van der Waals surface area contributed by atoms with Gasteiger partial charge in [-0.15, -0.1) is 0 Å². The fraction of sp³-hybridized carbons (Fsp3) is 0.0526. The summed E-state index contributed by atoms with van der Waals surface area (Å²) in [4.78, 5) is 16.1. The van der Waals surface area contributed by atoms with Crippen LogP contribution in [-0.4, -0.2) is 10.9 Å². The van der Waals surface area contributed by atoms with Crippen molar-refractivity contribution in [1.29, 1.82) is 0 Å². The fourth-order valence-electron chi connectivity index (χ4n) is 2.26. The number of carbonyl (C=O) groups is 1. The molecule has 0 fully saturated rings. The molecular formula is C19H14F3N3O. The minimum Gasteiger partial charge on any atom is -0.338 e. The fourth-order valence-corrected chi connectivity index (χ4v) is 2.26. The number of hydrogen-bond acceptors (Lipinski definition) is 3. The summed E-state index contributed by atoms with van der Waals surface area (Å²) in [7, 11) is 0. The molecule has 1 aromatic heterocycles. The van der Waals surface area contributed by atoms with Crippen LogP contribution < -0.4 is 10.6 Å². The van der Waals surface area contributed by atoms with Crippen LogP contribution in [0.25, 0.3) is 0 Å². The summed E-state index contributed by atoms with van der Waals surface area (Å²) in [6.45, 7) is 0. The van der Waals surface area contributed by atoms with E-state index in [1.165, 1.54) is 36.5 Å². The Bertz CT molecular complexity index is 912. The molecular weight excluding hydrogens is 343 g/mol. The number of nitrogens with one attached hydrogen (secondary N) is 2. The molecule has 0 spiro atoms. The standard InChI is InChI=1S/C19H14F3N3O/c20-13-3-1-12(2-4-13)9-19(26)24-15-6-8-18(23-11-15)25-17-7-5-14(21)10-16(17)22/h1-8,10-11H,9H2,(H,23,25)(H,24,26). The topological polar surface area (TPSA) is 54.0 Å². The Morgan fingerprint density at radius 3 is 2.31 bits per heavy atom. The van der Waals surface area contributed by atoms with E-state index in [4.69, 9.17) is 0 Å². The van der Waals surface area contributed by atoms with E-state index in [0.717, 1.165) is 12.1 Å². The first-order chi connectivity index (χ1) is 12.5. The average Bonchev–Trinajstić information content (AvgIpc) is 2.61. The van der Waals surface area contributed by atoms with E-state index in [9.17, 15) is 18.0 Å². The second-order valence-electron chi connectivity index (χ2n) is 5.53. The molecule has 0 saturated carbocycles. The molecule has 2 N–H and O–H groups in total. The van der Waals surface area contributed by atoms with Gasteiger partial charge < -0.3 is 10.6 Å². The Morgan fingerprint density at radius 2 is 1.65 bits per heavy atom. The molecule has 0 aliphatic heterocycles. The zero-order chi connectivity index (χ0) is 18.5. The average molecular weight is 357 g/mol. The van der Waals surface area contributed by atoms with E-state index in [1.54, 1.807) is 12.1 Å². The van der Waals surface area contributed by atoms with Gasteiger partial charge in [-0.2, -0.15) is 0 Å². The molecule has 26 heavy (non-hydrogen) atoms. The predicted molar refractivity (Wildman–Crippen MR) is 92.6 cm³/mol. The molecule has 0 bridgehead atoms. The van der Waals surface area contributed by atoms with E-state index in [0.29, 0.717) is 17.1 Å². The number of pyridine rings is 1. The Labute approximate surface area is 147 Å². The third-order valence-corrected chi connectivity index (χ3v) is 3.52. The second-order valence-corrected chi connectivity index (χ2v) is 5.53. The monoisotopic (exact) mass is 357 g/mol. The van der Waals surface area contributed by atoms with Crippen molar-refractivity contribution in [3.05, 3.63) is 83.8 Å². The Balaban J connectivity index is 1.60. The van der Waals surface area contributed by atoms with Crippen LogP contribution in [0.5, 0.6) is 0 Å². The van der Waals surface area contributed by atoms with Gasteiger partial charge in [0.2, 0.25) is 5.91 Å². The minimum atomic E-state index is -0.733. The number of anilines is 3. The van der Waals surface area contributed by atoms with Gasteiger partial charge in [0.1, 0.15) is 23.3 Å². The molecule has 0 aliphatic rings.